The van der Waals surface area contributed by atoms with Gasteiger partial charge in [0.15, 0.2) is 0 Å². The predicted molar refractivity (Wildman–Crippen MR) is 50.0 cm³/mol. The van der Waals surface area contributed by atoms with Crippen LogP contribution in [0.1, 0.15) is 5.69 Å². The number of hydrogen-bond acceptors (Lipinski definition) is 3. The van der Waals surface area contributed by atoms with E-state index in [0.717, 1.165) is 12.2 Å². The highest BCUT2D eigenvalue weighted by Crippen LogP contribution is 2.02. The van der Waals surface area contributed by atoms with E-state index in [1.807, 2.05) is 22.9 Å². The molecule has 0 saturated heterocycles. The molecule has 0 saturated carbocycles. The van der Waals surface area contributed by atoms with Gasteiger partial charge in [-0.1, -0.05) is 0 Å². The van der Waals surface area contributed by atoms with Crippen LogP contribution in [0.3, 0.4) is 0 Å². The number of rotatable bonds is 2. The van der Waals surface area contributed by atoms with Crippen molar-refractivity contribution < 1.29 is 0 Å². The number of nitrogen functional groups attached to an aromatic ring is 1. The Balaban J connectivity index is 2.15. The van der Waals surface area contributed by atoms with E-state index in [1.165, 1.54) is 0 Å². The monoisotopic (exact) mass is 174 g/mol. The molecule has 2 rings (SSSR count). The normalized spacial score (nSPS) is 10.2. The summed E-state index contributed by atoms with van der Waals surface area (Å²) in [7, 11) is 0. The Morgan fingerprint density at radius 2 is 2.31 bits per heavy atom. The highest BCUT2D eigenvalue weighted by atomic mass is 15.0. The average Bonchev–Trinajstić information content (AvgIpc) is 2.62. The van der Waals surface area contributed by atoms with E-state index >= 15 is 0 Å². The van der Waals surface area contributed by atoms with Gasteiger partial charge in [-0.2, -0.15) is 0 Å². The van der Waals surface area contributed by atoms with Gasteiger partial charge in [0.25, 0.3) is 0 Å². The number of hydrogen-bond donors (Lipinski definition) is 1. The molecule has 2 aromatic heterocycles. The van der Waals surface area contributed by atoms with Crippen LogP contribution in [0, 0.1) is 0 Å². The number of imidazole rings is 1. The van der Waals surface area contributed by atoms with E-state index < -0.39 is 0 Å². The zero-order valence-corrected chi connectivity index (χ0v) is 7.09. The highest BCUT2D eigenvalue weighted by Gasteiger charge is 1.94. The van der Waals surface area contributed by atoms with E-state index in [1.54, 1.807) is 18.7 Å². The van der Waals surface area contributed by atoms with Crippen LogP contribution < -0.4 is 5.73 Å². The van der Waals surface area contributed by atoms with Crippen molar-refractivity contribution in [2.24, 2.45) is 0 Å². The summed E-state index contributed by atoms with van der Waals surface area (Å²) < 4.78 is 1.96. The smallest absolute Gasteiger partial charge is 0.0949 e. The third-order valence-corrected chi connectivity index (χ3v) is 1.75. The lowest BCUT2D eigenvalue weighted by molar-refractivity contribution is 0.773. The predicted octanol–water partition coefficient (Wildman–Crippen LogP) is 0.909. The summed E-state index contributed by atoms with van der Waals surface area (Å²) in [5.41, 5.74) is 7.19. The fourth-order valence-electron chi connectivity index (χ4n) is 1.10. The largest absolute Gasteiger partial charge is 0.397 e. The van der Waals surface area contributed by atoms with Crippen LogP contribution in [0.15, 0.2) is 37.1 Å². The third kappa shape index (κ3) is 1.84. The van der Waals surface area contributed by atoms with Gasteiger partial charge < -0.3 is 10.3 Å². The van der Waals surface area contributed by atoms with Gasteiger partial charge in [-0.3, -0.25) is 4.98 Å². The number of anilines is 1. The molecule has 0 aromatic carbocycles. The fraction of sp³-hybridized carbons (Fsp3) is 0.111. The van der Waals surface area contributed by atoms with Crippen LogP contribution in [-0.2, 0) is 6.54 Å². The van der Waals surface area contributed by atoms with Crippen LogP contribution in [0.4, 0.5) is 5.69 Å². The van der Waals surface area contributed by atoms with Crippen LogP contribution in [0.5, 0.6) is 0 Å². The van der Waals surface area contributed by atoms with Crippen molar-refractivity contribution in [3.05, 3.63) is 42.7 Å². The Bertz CT molecular complexity index is 363. The standard InChI is InChI=1S/C9H10N4/c10-8-1-2-9(12-5-8)6-13-4-3-11-7-13/h1-5,7H,6,10H2. The van der Waals surface area contributed by atoms with Gasteiger partial charge in [-0.15, -0.1) is 0 Å². The molecule has 2 heterocycles. The summed E-state index contributed by atoms with van der Waals surface area (Å²) in [6.07, 6.45) is 7.07. The van der Waals surface area contributed by atoms with Gasteiger partial charge in [0, 0.05) is 12.4 Å². The van der Waals surface area contributed by atoms with E-state index in [0.29, 0.717) is 5.69 Å². The van der Waals surface area contributed by atoms with Gasteiger partial charge in [0.1, 0.15) is 0 Å². The van der Waals surface area contributed by atoms with Gasteiger partial charge >= 0.3 is 0 Å². The Morgan fingerprint density at radius 1 is 1.38 bits per heavy atom. The molecule has 0 aliphatic heterocycles. The molecular weight excluding hydrogens is 164 g/mol. The molecular formula is C9H10N4. The number of nitrogens with zero attached hydrogens (tertiary/aromatic N) is 3. The Hall–Kier alpha value is -1.84. The molecule has 4 nitrogen and oxygen atoms in total. The van der Waals surface area contributed by atoms with E-state index in [4.69, 9.17) is 5.73 Å². The van der Waals surface area contributed by atoms with Crippen molar-refractivity contribution in [3.8, 4) is 0 Å². The van der Waals surface area contributed by atoms with Gasteiger partial charge in [0.05, 0.1) is 30.5 Å². The summed E-state index contributed by atoms with van der Waals surface area (Å²) >= 11 is 0. The zero-order valence-electron chi connectivity index (χ0n) is 7.09. The lowest BCUT2D eigenvalue weighted by Gasteiger charge is -2.01. The van der Waals surface area contributed by atoms with Crippen molar-refractivity contribution >= 4 is 5.69 Å². The first-order valence-corrected chi connectivity index (χ1v) is 4.01. The molecule has 0 fully saturated rings. The summed E-state index contributed by atoms with van der Waals surface area (Å²) in [4.78, 5) is 8.13. The molecule has 2 N–H and O–H groups in total. The molecule has 0 atom stereocenters. The first-order chi connectivity index (χ1) is 6.34. The van der Waals surface area contributed by atoms with E-state index in [2.05, 4.69) is 9.97 Å². The Labute approximate surface area is 76.1 Å². The molecule has 0 amide bonds. The summed E-state index contributed by atoms with van der Waals surface area (Å²) in [5, 5.41) is 0. The van der Waals surface area contributed by atoms with Gasteiger partial charge in [0.2, 0.25) is 0 Å². The van der Waals surface area contributed by atoms with Crippen molar-refractivity contribution in [1.82, 2.24) is 14.5 Å². The van der Waals surface area contributed by atoms with Crippen LogP contribution >= 0.6 is 0 Å². The molecule has 66 valence electrons. The Morgan fingerprint density at radius 3 is 2.92 bits per heavy atom. The maximum absolute atomic E-state index is 5.52. The summed E-state index contributed by atoms with van der Waals surface area (Å²) in [5.74, 6) is 0. The van der Waals surface area contributed by atoms with Crippen LogP contribution in [0.2, 0.25) is 0 Å². The first-order valence-electron chi connectivity index (χ1n) is 4.01. The minimum absolute atomic E-state index is 0.689. The zero-order chi connectivity index (χ0) is 9.10. The second-order valence-corrected chi connectivity index (χ2v) is 2.82. The molecule has 0 bridgehead atoms. The SMILES string of the molecule is Nc1ccc(Cn2ccnc2)nc1. The summed E-state index contributed by atoms with van der Waals surface area (Å²) in [6, 6.07) is 3.76. The van der Waals surface area contributed by atoms with E-state index in [9.17, 15) is 0 Å². The van der Waals surface area contributed by atoms with Crippen LogP contribution in [-0.4, -0.2) is 14.5 Å². The maximum Gasteiger partial charge on any atom is 0.0949 e. The topological polar surface area (TPSA) is 56.7 Å². The van der Waals surface area contributed by atoms with Gasteiger partial charge in [-0.05, 0) is 12.1 Å². The van der Waals surface area contributed by atoms with E-state index in [-0.39, 0.29) is 0 Å². The third-order valence-electron chi connectivity index (χ3n) is 1.75. The van der Waals surface area contributed by atoms with Gasteiger partial charge in [-0.25, -0.2) is 4.98 Å². The fourth-order valence-corrected chi connectivity index (χ4v) is 1.10. The quantitative estimate of drug-likeness (QED) is 0.736. The second kappa shape index (κ2) is 3.26. The molecule has 0 radical (unpaired) electrons. The number of aromatic nitrogens is 3. The maximum atomic E-state index is 5.52. The molecule has 2 aromatic rings. The molecule has 0 aliphatic carbocycles. The first kappa shape index (κ1) is 7.79. The van der Waals surface area contributed by atoms with Crippen molar-refractivity contribution in [3.63, 3.8) is 0 Å². The number of nitrogens with two attached hydrogens (primary N) is 1. The second-order valence-electron chi connectivity index (χ2n) is 2.82. The molecule has 4 heteroatoms. The molecule has 0 unspecified atom stereocenters. The Kier molecular flexibility index (Phi) is 1.96. The van der Waals surface area contributed by atoms with Crippen LogP contribution in [0.25, 0.3) is 0 Å². The molecule has 0 aliphatic rings. The summed E-state index contributed by atoms with van der Waals surface area (Å²) in [6.45, 7) is 0.736. The molecule has 13 heavy (non-hydrogen) atoms. The minimum atomic E-state index is 0.689. The average molecular weight is 174 g/mol. The molecule has 0 spiro atoms. The van der Waals surface area contributed by atoms with Crippen molar-refractivity contribution in [2.45, 2.75) is 6.54 Å². The van der Waals surface area contributed by atoms with Crippen molar-refractivity contribution in [2.75, 3.05) is 5.73 Å². The lowest BCUT2D eigenvalue weighted by atomic mass is 10.3. The number of pyridine rings is 1. The minimum Gasteiger partial charge on any atom is -0.397 e. The van der Waals surface area contributed by atoms with Crippen molar-refractivity contribution in [1.29, 1.82) is 0 Å². The lowest BCUT2D eigenvalue weighted by Crippen LogP contribution is -1.99. The highest BCUT2D eigenvalue weighted by molar-refractivity contribution is 5.34.